The molecule has 130 valence electrons. The molecule has 1 aromatic heterocycles. The van der Waals surface area contributed by atoms with Crippen molar-refractivity contribution in [3.05, 3.63) is 95.8 Å². The molecule has 26 heavy (non-hydrogen) atoms. The van der Waals surface area contributed by atoms with E-state index >= 15 is 0 Å². The van der Waals surface area contributed by atoms with E-state index in [2.05, 4.69) is 4.98 Å². The first-order chi connectivity index (χ1) is 12.7. The monoisotopic (exact) mass is 345 g/mol. The van der Waals surface area contributed by atoms with E-state index in [0.29, 0.717) is 12.2 Å². The number of ketones is 1. The van der Waals surface area contributed by atoms with Crippen LogP contribution in [-0.2, 0) is 6.61 Å². The summed E-state index contributed by atoms with van der Waals surface area (Å²) in [5.74, 6) is 1.43. The normalized spacial score (nSPS) is 10.7. The van der Waals surface area contributed by atoms with Gasteiger partial charge in [-0.25, -0.2) is 0 Å². The summed E-state index contributed by atoms with van der Waals surface area (Å²) in [6.45, 7) is 0.423. The van der Waals surface area contributed by atoms with Crippen LogP contribution < -0.4 is 9.47 Å². The van der Waals surface area contributed by atoms with Gasteiger partial charge in [-0.1, -0.05) is 24.3 Å². The number of methoxy groups -OCH3 is 1. The minimum Gasteiger partial charge on any atom is -0.497 e. The van der Waals surface area contributed by atoms with Gasteiger partial charge < -0.3 is 9.47 Å². The second-order valence-corrected chi connectivity index (χ2v) is 5.60. The number of benzene rings is 2. The van der Waals surface area contributed by atoms with Gasteiger partial charge in [-0.15, -0.1) is 0 Å². The fraction of sp³-hybridized carbons (Fsp3) is 0.0909. The van der Waals surface area contributed by atoms with Crippen molar-refractivity contribution in [1.82, 2.24) is 4.98 Å². The number of ether oxygens (including phenoxy) is 2. The molecule has 4 nitrogen and oxygen atoms in total. The highest BCUT2D eigenvalue weighted by atomic mass is 16.5. The summed E-state index contributed by atoms with van der Waals surface area (Å²) >= 11 is 0. The molecule has 0 unspecified atom stereocenters. The van der Waals surface area contributed by atoms with Crippen molar-refractivity contribution in [2.24, 2.45) is 0 Å². The molecule has 3 rings (SSSR count). The molecular formula is C22H19NO3. The summed E-state index contributed by atoms with van der Waals surface area (Å²) in [6.07, 6.45) is 5.09. The predicted molar refractivity (Wildman–Crippen MR) is 101 cm³/mol. The van der Waals surface area contributed by atoms with Crippen LogP contribution in [0.4, 0.5) is 0 Å². The largest absolute Gasteiger partial charge is 0.497 e. The molecule has 0 aliphatic carbocycles. The molecule has 0 N–H and O–H groups in total. The van der Waals surface area contributed by atoms with Crippen LogP contribution in [0.1, 0.15) is 21.6 Å². The van der Waals surface area contributed by atoms with Crippen LogP contribution in [0.2, 0.25) is 0 Å². The second-order valence-electron chi connectivity index (χ2n) is 5.60. The third-order valence-electron chi connectivity index (χ3n) is 3.79. The number of nitrogens with zero attached hydrogens (tertiary/aromatic N) is 1. The third-order valence-corrected chi connectivity index (χ3v) is 3.79. The molecule has 0 fully saturated rings. The maximum atomic E-state index is 12.2. The molecule has 4 heteroatoms. The number of pyridine rings is 1. The summed E-state index contributed by atoms with van der Waals surface area (Å²) in [7, 11) is 1.60. The molecule has 0 aliphatic rings. The Morgan fingerprint density at radius 1 is 0.962 bits per heavy atom. The smallest absolute Gasteiger partial charge is 0.185 e. The highest BCUT2D eigenvalue weighted by molar-refractivity contribution is 6.06. The van der Waals surface area contributed by atoms with E-state index in [0.717, 1.165) is 22.8 Å². The molecule has 0 radical (unpaired) electrons. The highest BCUT2D eigenvalue weighted by Crippen LogP contribution is 2.16. The van der Waals surface area contributed by atoms with Crippen LogP contribution in [0.3, 0.4) is 0 Å². The van der Waals surface area contributed by atoms with Crippen LogP contribution in [-0.4, -0.2) is 17.9 Å². The molecule has 2 aromatic carbocycles. The van der Waals surface area contributed by atoms with E-state index in [-0.39, 0.29) is 5.78 Å². The zero-order valence-corrected chi connectivity index (χ0v) is 14.5. The SMILES string of the molecule is COc1ccc(C(=O)C=Cc2ccc(OCc3ccccn3)cc2)cc1. The summed E-state index contributed by atoms with van der Waals surface area (Å²) in [4.78, 5) is 16.4. The van der Waals surface area contributed by atoms with Crippen molar-refractivity contribution in [2.75, 3.05) is 7.11 Å². The van der Waals surface area contributed by atoms with Crippen molar-refractivity contribution < 1.29 is 14.3 Å². The van der Waals surface area contributed by atoms with Gasteiger partial charge in [-0.2, -0.15) is 0 Å². The van der Waals surface area contributed by atoms with Gasteiger partial charge in [0.25, 0.3) is 0 Å². The number of aromatic nitrogens is 1. The summed E-state index contributed by atoms with van der Waals surface area (Å²) < 4.78 is 10.8. The quantitative estimate of drug-likeness (QED) is 0.465. The molecule has 0 saturated heterocycles. The zero-order chi connectivity index (χ0) is 18.2. The molecule has 0 spiro atoms. The first-order valence-corrected chi connectivity index (χ1v) is 8.24. The van der Waals surface area contributed by atoms with E-state index in [4.69, 9.17) is 9.47 Å². The van der Waals surface area contributed by atoms with Crippen LogP contribution >= 0.6 is 0 Å². The van der Waals surface area contributed by atoms with Crippen LogP contribution in [0.25, 0.3) is 6.08 Å². The molecule has 0 atom stereocenters. The fourth-order valence-electron chi connectivity index (χ4n) is 2.34. The average molecular weight is 345 g/mol. The Morgan fingerprint density at radius 2 is 1.69 bits per heavy atom. The number of carbonyl (C=O) groups excluding carboxylic acids is 1. The van der Waals surface area contributed by atoms with Crippen molar-refractivity contribution in [2.45, 2.75) is 6.61 Å². The Hall–Kier alpha value is -3.40. The lowest BCUT2D eigenvalue weighted by atomic mass is 10.1. The molecule has 0 bridgehead atoms. The van der Waals surface area contributed by atoms with Gasteiger partial charge in [0.1, 0.15) is 18.1 Å². The van der Waals surface area contributed by atoms with E-state index in [9.17, 15) is 4.79 Å². The van der Waals surface area contributed by atoms with Crippen molar-refractivity contribution in [1.29, 1.82) is 0 Å². The number of hydrogen-bond donors (Lipinski definition) is 0. The number of hydrogen-bond acceptors (Lipinski definition) is 4. The Labute approximate surface area is 152 Å². The maximum absolute atomic E-state index is 12.2. The number of carbonyl (C=O) groups is 1. The van der Waals surface area contributed by atoms with Gasteiger partial charge in [0.05, 0.1) is 12.8 Å². The summed E-state index contributed by atoms with van der Waals surface area (Å²) in [5, 5.41) is 0. The first-order valence-electron chi connectivity index (χ1n) is 8.24. The summed E-state index contributed by atoms with van der Waals surface area (Å²) in [6, 6.07) is 20.3. The van der Waals surface area contributed by atoms with Crippen LogP contribution in [0, 0.1) is 0 Å². The average Bonchev–Trinajstić information content (AvgIpc) is 2.72. The van der Waals surface area contributed by atoms with Crippen molar-refractivity contribution in [3.8, 4) is 11.5 Å². The van der Waals surface area contributed by atoms with Gasteiger partial charge in [0.15, 0.2) is 5.78 Å². The van der Waals surface area contributed by atoms with E-state index < -0.39 is 0 Å². The standard InChI is InChI=1S/C22H19NO3/c1-25-20-12-8-18(9-13-20)22(24)14-7-17-5-10-21(11-6-17)26-16-19-4-2-3-15-23-19/h2-15H,16H2,1H3. The third kappa shape index (κ3) is 4.80. The van der Waals surface area contributed by atoms with E-state index in [1.54, 1.807) is 49.7 Å². The molecular weight excluding hydrogens is 326 g/mol. The van der Waals surface area contributed by atoms with E-state index in [1.165, 1.54) is 0 Å². The number of allylic oxidation sites excluding steroid dienone is 1. The molecule has 0 saturated carbocycles. The highest BCUT2D eigenvalue weighted by Gasteiger charge is 2.02. The van der Waals surface area contributed by atoms with Crippen LogP contribution in [0.15, 0.2) is 79.0 Å². The van der Waals surface area contributed by atoms with Gasteiger partial charge in [-0.05, 0) is 60.2 Å². The van der Waals surface area contributed by atoms with Crippen LogP contribution in [0.5, 0.6) is 11.5 Å². The van der Waals surface area contributed by atoms with Gasteiger partial charge >= 0.3 is 0 Å². The Balaban J connectivity index is 1.57. The van der Waals surface area contributed by atoms with Gasteiger partial charge in [-0.3, -0.25) is 9.78 Å². The molecule has 3 aromatic rings. The van der Waals surface area contributed by atoms with Crippen molar-refractivity contribution in [3.63, 3.8) is 0 Å². The predicted octanol–water partition coefficient (Wildman–Crippen LogP) is 4.57. The van der Waals surface area contributed by atoms with E-state index in [1.807, 2.05) is 42.5 Å². The van der Waals surface area contributed by atoms with Crippen molar-refractivity contribution >= 4 is 11.9 Å². The summed E-state index contributed by atoms with van der Waals surface area (Å²) in [5.41, 5.74) is 2.43. The molecule has 0 amide bonds. The lowest BCUT2D eigenvalue weighted by molar-refractivity contribution is 0.104. The molecule has 1 heterocycles. The number of rotatable bonds is 7. The Bertz CT molecular complexity index is 870. The van der Waals surface area contributed by atoms with Gasteiger partial charge in [0.2, 0.25) is 0 Å². The Morgan fingerprint density at radius 3 is 2.35 bits per heavy atom. The second kappa shape index (κ2) is 8.62. The lowest BCUT2D eigenvalue weighted by Gasteiger charge is -2.05. The zero-order valence-electron chi connectivity index (χ0n) is 14.5. The molecule has 0 aliphatic heterocycles. The first kappa shape index (κ1) is 17.4. The minimum atomic E-state index is -0.0527. The topological polar surface area (TPSA) is 48.4 Å². The van der Waals surface area contributed by atoms with Gasteiger partial charge in [0, 0.05) is 11.8 Å². The maximum Gasteiger partial charge on any atom is 0.185 e. The fourth-order valence-corrected chi connectivity index (χ4v) is 2.34. The minimum absolute atomic E-state index is 0.0527. The Kier molecular flexibility index (Phi) is 5.78. The lowest BCUT2D eigenvalue weighted by Crippen LogP contribution is -1.97.